The molecule has 0 aromatic carbocycles. The van der Waals surface area contributed by atoms with Crippen LogP contribution in [0.5, 0.6) is 0 Å². The molecule has 0 amide bonds. The monoisotopic (exact) mass is 177 g/mol. The predicted octanol–water partition coefficient (Wildman–Crippen LogP) is 3.08. The highest BCUT2D eigenvalue weighted by atomic mass is 14.7. The first-order chi connectivity index (χ1) is 6.22. The molecule has 1 aromatic rings. The van der Waals surface area contributed by atoms with Gasteiger partial charge in [0.1, 0.15) is 0 Å². The Morgan fingerprint density at radius 2 is 1.62 bits per heavy atom. The maximum atomic E-state index is 4.68. The van der Waals surface area contributed by atoms with Crippen LogP contribution in [0.1, 0.15) is 43.3 Å². The number of aromatic nitrogens is 1. The molecule has 1 rings (SSSR count). The van der Waals surface area contributed by atoms with Crippen molar-refractivity contribution in [3.63, 3.8) is 0 Å². The van der Waals surface area contributed by atoms with Crippen molar-refractivity contribution in [3.05, 3.63) is 28.6 Å². The zero-order valence-corrected chi connectivity index (χ0v) is 9.15. The second-order valence-corrected chi connectivity index (χ2v) is 3.42. The average Bonchev–Trinajstić information content (AvgIpc) is 2.17. The van der Waals surface area contributed by atoms with Crippen molar-refractivity contribution in [2.24, 2.45) is 0 Å². The van der Waals surface area contributed by atoms with Crippen LogP contribution in [0.15, 0.2) is 6.07 Å². The van der Waals surface area contributed by atoms with Crippen LogP contribution in [0.25, 0.3) is 0 Å². The Morgan fingerprint density at radius 3 is 2.08 bits per heavy atom. The van der Waals surface area contributed by atoms with E-state index in [-0.39, 0.29) is 0 Å². The summed E-state index contributed by atoms with van der Waals surface area (Å²) in [5.41, 5.74) is 5.30. The van der Waals surface area contributed by atoms with E-state index in [2.05, 4.69) is 38.7 Å². The van der Waals surface area contributed by atoms with E-state index in [9.17, 15) is 0 Å². The Hall–Kier alpha value is -0.850. The molecule has 1 heterocycles. The van der Waals surface area contributed by atoms with Gasteiger partial charge in [0.15, 0.2) is 0 Å². The van der Waals surface area contributed by atoms with Gasteiger partial charge in [-0.3, -0.25) is 4.98 Å². The van der Waals surface area contributed by atoms with Gasteiger partial charge in [0.2, 0.25) is 0 Å². The smallest absolute Gasteiger partial charge is 0.0436 e. The predicted molar refractivity (Wildman–Crippen MR) is 57.1 cm³/mol. The van der Waals surface area contributed by atoms with Gasteiger partial charge in [-0.2, -0.15) is 0 Å². The van der Waals surface area contributed by atoms with Gasteiger partial charge in [-0.05, 0) is 37.3 Å². The molecule has 0 saturated heterocycles. The van der Waals surface area contributed by atoms with E-state index < -0.39 is 0 Å². The summed E-state index contributed by atoms with van der Waals surface area (Å²) in [4.78, 5) is 4.68. The molecule has 0 fully saturated rings. The third kappa shape index (κ3) is 2.09. The fourth-order valence-corrected chi connectivity index (χ4v) is 1.72. The van der Waals surface area contributed by atoms with Crippen LogP contribution < -0.4 is 0 Å². The molecule has 0 N–H and O–H groups in total. The van der Waals surface area contributed by atoms with E-state index in [0.29, 0.717) is 0 Å². The van der Waals surface area contributed by atoms with E-state index >= 15 is 0 Å². The van der Waals surface area contributed by atoms with Gasteiger partial charge in [-0.1, -0.05) is 26.8 Å². The van der Waals surface area contributed by atoms with E-state index in [0.717, 1.165) is 19.3 Å². The Balaban J connectivity index is 3.18. The highest BCUT2D eigenvalue weighted by Crippen LogP contribution is 2.14. The van der Waals surface area contributed by atoms with Gasteiger partial charge >= 0.3 is 0 Å². The largest absolute Gasteiger partial charge is 0.257 e. The molecule has 0 aliphatic carbocycles. The third-order valence-electron chi connectivity index (χ3n) is 2.54. The highest BCUT2D eigenvalue weighted by molar-refractivity contribution is 5.30. The maximum Gasteiger partial charge on any atom is 0.0436 e. The van der Waals surface area contributed by atoms with Crippen LogP contribution in [0.4, 0.5) is 0 Å². The van der Waals surface area contributed by atoms with E-state index in [1.807, 2.05) is 0 Å². The fraction of sp³-hybridized carbons (Fsp3) is 0.583. The summed E-state index contributed by atoms with van der Waals surface area (Å²) in [5, 5.41) is 0. The summed E-state index contributed by atoms with van der Waals surface area (Å²) >= 11 is 0. The lowest BCUT2D eigenvalue weighted by Gasteiger charge is -2.09. The van der Waals surface area contributed by atoms with Crippen LogP contribution in [0, 0.1) is 6.92 Å². The van der Waals surface area contributed by atoms with Crippen LogP contribution in [-0.4, -0.2) is 4.98 Å². The van der Waals surface area contributed by atoms with Gasteiger partial charge in [-0.15, -0.1) is 0 Å². The number of hydrogen-bond acceptors (Lipinski definition) is 1. The second kappa shape index (κ2) is 4.40. The summed E-state index contributed by atoms with van der Waals surface area (Å²) in [6.45, 7) is 8.70. The van der Waals surface area contributed by atoms with Gasteiger partial charge in [-0.25, -0.2) is 0 Å². The van der Waals surface area contributed by atoms with E-state index in [4.69, 9.17) is 0 Å². The van der Waals surface area contributed by atoms with Crippen molar-refractivity contribution in [1.29, 1.82) is 0 Å². The molecular formula is C12H19N. The lowest BCUT2D eigenvalue weighted by atomic mass is 10.0. The van der Waals surface area contributed by atoms with Crippen LogP contribution in [-0.2, 0) is 19.3 Å². The summed E-state index contributed by atoms with van der Waals surface area (Å²) in [6, 6.07) is 2.30. The molecule has 0 aliphatic rings. The summed E-state index contributed by atoms with van der Waals surface area (Å²) < 4.78 is 0. The first-order valence-electron chi connectivity index (χ1n) is 5.21. The molecule has 0 atom stereocenters. The first kappa shape index (κ1) is 10.2. The van der Waals surface area contributed by atoms with Crippen LogP contribution >= 0.6 is 0 Å². The maximum absolute atomic E-state index is 4.68. The molecule has 1 heteroatoms. The Kier molecular flexibility index (Phi) is 3.47. The van der Waals surface area contributed by atoms with Gasteiger partial charge in [0.25, 0.3) is 0 Å². The molecule has 0 aliphatic heterocycles. The number of rotatable bonds is 3. The SMILES string of the molecule is CCc1cc(C)c(CC)nc1CC. The zero-order chi connectivity index (χ0) is 9.84. The van der Waals surface area contributed by atoms with Gasteiger partial charge in [0, 0.05) is 11.4 Å². The quantitative estimate of drug-likeness (QED) is 0.691. The standard InChI is InChI=1S/C12H19N/c1-5-10-8-9(4)11(6-2)13-12(10)7-3/h8H,5-7H2,1-4H3. The Labute approximate surface area is 81.2 Å². The molecule has 0 saturated carbocycles. The molecule has 0 unspecified atom stereocenters. The molecule has 1 nitrogen and oxygen atoms in total. The van der Waals surface area contributed by atoms with Crippen molar-refractivity contribution in [3.8, 4) is 0 Å². The average molecular weight is 177 g/mol. The summed E-state index contributed by atoms with van der Waals surface area (Å²) in [7, 11) is 0. The third-order valence-corrected chi connectivity index (χ3v) is 2.54. The van der Waals surface area contributed by atoms with Crippen molar-refractivity contribution >= 4 is 0 Å². The molecule has 0 bridgehead atoms. The molecule has 13 heavy (non-hydrogen) atoms. The summed E-state index contributed by atoms with van der Waals surface area (Å²) in [6.07, 6.45) is 3.19. The number of hydrogen-bond donors (Lipinski definition) is 0. The normalized spacial score (nSPS) is 10.5. The zero-order valence-electron chi connectivity index (χ0n) is 9.15. The molecule has 0 spiro atoms. The van der Waals surface area contributed by atoms with Crippen LogP contribution in [0.2, 0.25) is 0 Å². The first-order valence-corrected chi connectivity index (χ1v) is 5.21. The number of pyridine rings is 1. The molecular weight excluding hydrogens is 158 g/mol. The molecule has 72 valence electrons. The molecule has 0 radical (unpaired) electrons. The number of aryl methyl sites for hydroxylation is 4. The van der Waals surface area contributed by atoms with Crippen molar-refractivity contribution in [1.82, 2.24) is 4.98 Å². The molecule has 1 aromatic heterocycles. The van der Waals surface area contributed by atoms with E-state index in [1.54, 1.807) is 0 Å². The van der Waals surface area contributed by atoms with E-state index in [1.165, 1.54) is 22.5 Å². The minimum atomic E-state index is 1.04. The Morgan fingerprint density at radius 1 is 1.00 bits per heavy atom. The highest BCUT2D eigenvalue weighted by Gasteiger charge is 2.04. The number of nitrogens with zero attached hydrogens (tertiary/aromatic N) is 1. The second-order valence-electron chi connectivity index (χ2n) is 3.42. The minimum Gasteiger partial charge on any atom is -0.257 e. The van der Waals surface area contributed by atoms with Gasteiger partial charge in [0.05, 0.1) is 0 Å². The Bertz CT molecular complexity index is 289. The van der Waals surface area contributed by atoms with Crippen LogP contribution in [0.3, 0.4) is 0 Å². The van der Waals surface area contributed by atoms with Gasteiger partial charge < -0.3 is 0 Å². The lowest BCUT2D eigenvalue weighted by Crippen LogP contribution is -2.01. The minimum absolute atomic E-state index is 1.04. The fourth-order valence-electron chi connectivity index (χ4n) is 1.72. The van der Waals surface area contributed by atoms with Crippen molar-refractivity contribution < 1.29 is 0 Å². The van der Waals surface area contributed by atoms with Crippen molar-refractivity contribution in [2.45, 2.75) is 47.0 Å². The topological polar surface area (TPSA) is 12.9 Å². The van der Waals surface area contributed by atoms with Crippen molar-refractivity contribution in [2.75, 3.05) is 0 Å². The lowest BCUT2D eigenvalue weighted by molar-refractivity contribution is 0.899. The summed E-state index contributed by atoms with van der Waals surface area (Å²) in [5.74, 6) is 0.